The molecule has 5 unspecified atom stereocenters. The first-order valence-electron chi connectivity index (χ1n) is 10.6. The van der Waals surface area contributed by atoms with E-state index in [0.717, 1.165) is 22.9 Å². The van der Waals surface area contributed by atoms with Crippen LogP contribution in [0.1, 0.15) is 6.23 Å². The number of carbonyl (C=O) groups excluding carboxylic acids is 3. The maximum Gasteiger partial charge on any atom is 0.330 e. The van der Waals surface area contributed by atoms with E-state index in [1.165, 1.54) is 7.11 Å². The number of nitrogens with one attached hydrogen (secondary N) is 3. The lowest BCUT2D eigenvalue weighted by molar-refractivity contribution is -0.240. The number of H-pyrrole nitrogens is 1. The molecule has 9 N–H and O–H groups in total. The highest BCUT2D eigenvalue weighted by Gasteiger charge is 2.51. The predicted octanol–water partition coefficient (Wildman–Crippen LogP) is -6.22. The maximum absolute atomic E-state index is 12.3. The van der Waals surface area contributed by atoms with Crippen LogP contribution in [0.5, 0.6) is 0 Å². The van der Waals surface area contributed by atoms with Crippen molar-refractivity contribution in [1.29, 1.82) is 0 Å². The maximum atomic E-state index is 12.3. The van der Waals surface area contributed by atoms with Crippen LogP contribution in [0.2, 0.25) is 0 Å². The standard InChI is InChI=1S/C19H25N5O13/c1-34-23-9(27)5-21-16(32)7-4-6(25)10(28)18(35-7)37-14(15(20)31)13-11(29)12(30)17(36-13)24-3-2-8(26)22-19(24)33/h2-4,6,10-14,17-18,25,28-30H,5H2,1H3,(H2,20,31)(H,21,32)(H,23,27)(H,22,26,33)/t6?,10?,11?,12?,13-,14?,17+,18+/m0/s1. The summed E-state index contributed by atoms with van der Waals surface area (Å²) in [6.45, 7) is -0.549. The third kappa shape index (κ3) is 6.20. The van der Waals surface area contributed by atoms with Crippen molar-refractivity contribution < 1.29 is 53.9 Å². The van der Waals surface area contributed by atoms with Gasteiger partial charge in [0.2, 0.25) is 12.2 Å². The Morgan fingerprint density at radius 3 is 2.51 bits per heavy atom. The van der Waals surface area contributed by atoms with Crippen molar-refractivity contribution in [1.82, 2.24) is 20.3 Å². The largest absolute Gasteiger partial charge is 0.456 e. The molecule has 2 aliphatic rings. The number of aliphatic hydroxyl groups is 4. The van der Waals surface area contributed by atoms with Gasteiger partial charge in [0.1, 0.15) is 30.5 Å². The van der Waals surface area contributed by atoms with E-state index in [-0.39, 0.29) is 0 Å². The van der Waals surface area contributed by atoms with Crippen molar-refractivity contribution >= 4 is 17.7 Å². The Kier molecular flexibility index (Phi) is 8.76. The van der Waals surface area contributed by atoms with Gasteiger partial charge in [-0.1, -0.05) is 0 Å². The number of hydrogen-bond acceptors (Lipinski definition) is 13. The number of aliphatic hydroxyl groups excluding tert-OH is 4. The summed E-state index contributed by atoms with van der Waals surface area (Å²) in [5, 5.41) is 43.4. The molecule has 3 rings (SSSR count). The fourth-order valence-corrected chi connectivity index (χ4v) is 3.53. The summed E-state index contributed by atoms with van der Waals surface area (Å²) in [5.41, 5.74) is 5.58. The molecule has 204 valence electrons. The molecule has 3 heterocycles. The van der Waals surface area contributed by atoms with E-state index < -0.39 is 90.4 Å². The van der Waals surface area contributed by atoms with Gasteiger partial charge in [0.05, 0.1) is 13.7 Å². The van der Waals surface area contributed by atoms with Gasteiger partial charge in [-0.25, -0.2) is 10.3 Å². The monoisotopic (exact) mass is 531 g/mol. The summed E-state index contributed by atoms with van der Waals surface area (Å²) in [7, 11) is 1.17. The smallest absolute Gasteiger partial charge is 0.330 e. The lowest BCUT2D eigenvalue weighted by atomic mass is 10.0. The van der Waals surface area contributed by atoms with Crippen LogP contribution < -0.4 is 27.8 Å². The molecule has 0 aliphatic carbocycles. The quantitative estimate of drug-likeness (QED) is 0.138. The Morgan fingerprint density at radius 1 is 1.19 bits per heavy atom. The molecule has 0 aromatic carbocycles. The van der Waals surface area contributed by atoms with Crippen molar-refractivity contribution in [2.75, 3.05) is 13.7 Å². The Morgan fingerprint density at radius 2 is 1.89 bits per heavy atom. The van der Waals surface area contributed by atoms with Crippen molar-refractivity contribution in [3.8, 4) is 0 Å². The van der Waals surface area contributed by atoms with E-state index in [2.05, 4.69) is 10.2 Å². The summed E-state index contributed by atoms with van der Waals surface area (Å²) >= 11 is 0. The Hall–Kier alpha value is -3.65. The number of carbonyl (C=O) groups is 3. The molecule has 1 fully saturated rings. The molecule has 18 heteroatoms. The fraction of sp³-hybridized carbons (Fsp3) is 0.526. The average Bonchev–Trinajstić information content (AvgIpc) is 3.12. The molecule has 1 saturated heterocycles. The number of nitrogens with zero attached hydrogens (tertiary/aromatic N) is 1. The van der Waals surface area contributed by atoms with Gasteiger partial charge in [0.15, 0.2) is 18.1 Å². The van der Waals surface area contributed by atoms with Gasteiger partial charge < -0.3 is 45.7 Å². The minimum atomic E-state index is -1.95. The molecule has 3 amide bonds. The first-order valence-corrected chi connectivity index (χ1v) is 10.6. The molecule has 0 saturated carbocycles. The summed E-state index contributed by atoms with van der Waals surface area (Å²) < 4.78 is 16.8. The summed E-state index contributed by atoms with van der Waals surface area (Å²) in [4.78, 5) is 65.6. The summed E-state index contributed by atoms with van der Waals surface area (Å²) in [5.74, 6) is -3.60. The second kappa shape index (κ2) is 11.6. The van der Waals surface area contributed by atoms with Gasteiger partial charge in [-0.15, -0.1) is 0 Å². The third-order valence-corrected chi connectivity index (χ3v) is 5.30. The number of hydrogen-bond donors (Lipinski definition) is 8. The van der Waals surface area contributed by atoms with Crippen molar-refractivity contribution in [3.63, 3.8) is 0 Å². The van der Waals surface area contributed by atoms with Crippen LogP contribution in [0.4, 0.5) is 0 Å². The number of primary amides is 1. The second-order valence-corrected chi connectivity index (χ2v) is 7.86. The zero-order valence-corrected chi connectivity index (χ0v) is 19.0. The van der Waals surface area contributed by atoms with Crippen LogP contribution in [-0.2, 0) is 33.4 Å². The van der Waals surface area contributed by atoms with Crippen molar-refractivity contribution in [2.45, 2.75) is 49.1 Å². The SMILES string of the molecule is CONC(=O)CNC(=O)C1=CC(O)C(O)[C@@H](OC(C(N)=O)[C@H]2O[C@@H](n3ccc(=O)[nH]c3=O)C(O)C2O)O1. The van der Waals surface area contributed by atoms with Crippen molar-refractivity contribution in [2.24, 2.45) is 5.73 Å². The molecule has 2 aliphatic heterocycles. The van der Waals surface area contributed by atoms with E-state index in [1.54, 1.807) is 0 Å². The molecule has 1 aromatic rings. The van der Waals surface area contributed by atoms with Gasteiger partial charge in [0.25, 0.3) is 17.4 Å². The Balaban J connectivity index is 1.76. The zero-order valence-electron chi connectivity index (χ0n) is 19.0. The van der Waals surface area contributed by atoms with Crippen LogP contribution in [0.3, 0.4) is 0 Å². The van der Waals surface area contributed by atoms with E-state index in [1.807, 2.05) is 10.5 Å². The lowest BCUT2D eigenvalue weighted by Gasteiger charge is -2.34. The summed E-state index contributed by atoms with van der Waals surface area (Å²) in [6.07, 6.45) is -12.7. The van der Waals surface area contributed by atoms with Gasteiger partial charge >= 0.3 is 5.69 Å². The average molecular weight is 531 g/mol. The number of nitrogens with two attached hydrogens (primary N) is 1. The topological polar surface area (TPSA) is 274 Å². The predicted molar refractivity (Wildman–Crippen MR) is 114 cm³/mol. The van der Waals surface area contributed by atoms with Gasteiger partial charge in [-0.2, -0.15) is 0 Å². The molecule has 0 bridgehead atoms. The molecule has 0 radical (unpaired) electrons. The second-order valence-electron chi connectivity index (χ2n) is 7.86. The minimum absolute atomic E-state index is 0.549. The first kappa shape index (κ1) is 27.9. The van der Waals surface area contributed by atoms with E-state index in [9.17, 15) is 44.4 Å². The third-order valence-electron chi connectivity index (χ3n) is 5.30. The number of rotatable bonds is 9. The Labute approximate surface area is 206 Å². The van der Waals surface area contributed by atoms with Crippen LogP contribution >= 0.6 is 0 Å². The number of ether oxygens (including phenoxy) is 3. The normalized spacial score (nSPS) is 30.1. The number of aromatic nitrogens is 2. The van der Waals surface area contributed by atoms with E-state index >= 15 is 0 Å². The van der Waals surface area contributed by atoms with Crippen LogP contribution in [0.25, 0.3) is 0 Å². The zero-order chi connectivity index (χ0) is 27.4. The van der Waals surface area contributed by atoms with Gasteiger partial charge in [-0.3, -0.25) is 33.6 Å². The fourth-order valence-electron chi connectivity index (χ4n) is 3.53. The first-order chi connectivity index (χ1) is 17.4. The van der Waals surface area contributed by atoms with Crippen LogP contribution in [-0.4, -0.2) is 104 Å². The molecule has 1 aromatic heterocycles. The lowest BCUT2D eigenvalue weighted by Crippen LogP contribution is -2.53. The molecular weight excluding hydrogens is 506 g/mol. The molecule has 18 nitrogen and oxygen atoms in total. The minimum Gasteiger partial charge on any atom is -0.456 e. The summed E-state index contributed by atoms with van der Waals surface area (Å²) in [6, 6.07) is 0.949. The van der Waals surface area contributed by atoms with Gasteiger partial charge in [0, 0.05) is 12.3 Å². The van der Waals surface area contributed by atoms with E-state index in [0.29, 0.717) is 0 Å². The molecular formula is C19H25N5O13. The van der Waals surface area contributed by atoms with Gasteiger partial charge in [-0.05, 0) is 6.08 Å². The molecule has 0 spiro atoms. The highest BCUT2D eigenvalue weighted by molar-refractivity contribution is 5.94. The Bertz CT molecular complexity index is 1170. The van der Waals surface area contributed by atoms with Crippen LogP contribution in [0, 0.1) is 0 Å². The highest BCUT2D eigenvalue weighted by atomic mass is 16.7. The number of aromatic amines is 1. The molecule has 37 heavy (non-hydrogen) atoms. The number of hydroxylamine groups is 1. The number of amides is 3. The highest BCUT2D eigenvalue weighted by Crippen LogP contribution is 2.32. The van der Waals surface area contributed by atoms with E-state index in [4.69, 9.17) is 19.9 Å². The van der Waals surface area contributed by atoms with Crippen LogP contribution in [0.15, 0.2) is 33.7 Å². The molecule has 8 atom stereocenters. The van der Waals surface area contributed by atoms with Crippen molar-refractivity contribution in [3.05, 3.63) is 44.9 Å².